The summed E-state index contributed by atoms with van der Waals surface area (Å²) in [7, 11) is 0. The predicted octanol–water partition coefficient (Wildman–Crippen LogP) is 4.98. The lowest BCUT2D eigenvalue weighted by molar-refractivity contribution is 0.626. The molecule has 0 unspecified atom stereocenters. The van der Waals surface area contributed by atoms with E-state index in [0.717, 1.165) is 41.4 Å². The van der Waals surface area contributed by atoms with E-state index in [-0.39, 0.29) is 11.9 Å². The molecule has 4 nitrogen and oxygen atoms in total. The second-order valence-electron chi connectivity index (χ2n) is 6.90. The van der Waals surface area contributed by atoms with Crippen LogP contribution in [-0.4, -0.2) is 14.8 Å². The zero-order valence-corrected chi connectivity index (χ0v) is 15.0. The topological polar surface area (TPSA) is 42.7 Å². The molecule has 0 radical (unpaired) electrons. The van der Waals surface area contributed by atoms with Crippen molar-refractivity contribution in [1.29, 1.82) is 0 Å². The molecule has 0 bridgehead atoms. The third-order valence-corrected chi connectivity index (χ3v) is 4.98. The average Bonchev–Trinajstić information content (AvgIpc) is 2.91. The number of nitrogens with one attached hydrogen (secondary N) is 1. The van der Waals surface area contributed by atoms with Crippen LogP contribution in [0.4, 0.5) is 10.1 Å². The van der Waals surface area contributed by atoms with E-state index >= 15 is 0 Å². The van der Waals surface area contributed by atoms with Crippen LogP contribution in [0.1, 0.15) is 43.6 Å². The molecular weight excluding hydrogens is 327 g/mol. The molecule has 1 atom stereocenters. The molecule has 0 spiro atoms. The van der Waals surface area contributed by atoms with Gasteiger partial charge in [0.1, 0.15) is 11.6 Å². The Balaban J connectivity index is 1.57. The van der Waals surface area contributed by atoms with E-state index in [4.69, 9.17) is 0 Å². The molecule has 2 aromatic carbocycles. The van der Waals surface area contributed by atoms with Gasteiger partial charge in [0.05, 0.1) is 0 Å². The van der Waals surface area contributed by atoms with Gasteiger partial charge in [-0.25, -0.2) is 4.39 Å². The second kappa shape index (κ2) is 7.28. The SMILES string of the molecule is C[C@H](Nc1cccc(-c2nnc3n2CCCCC3)c1)c1ccc(F)cc1. The first kappa shape index (κ1) is 16.8. The Morgan fingerprint density at radius 2 is 1.88 bits per heavy atom. The lowest BCUT2D eigenvalue weighted by Crippen LogP contribution is -2.07. The van der Waals surface area contributed by atoms with Crippen molar-refractivity contribution in [1.82, 2.24) is 14.8 Å². The Hall–Kier alpha value is -2.69. The van der Waals surface area contributed by atoms with Crippen molar-refractivity contribution in [2.45, 2.75) is 45.2 Å². The quantitative estimate of drug-likeness (QED) is 0.721. The minimum Gasteiger partial charge on any atom is -0.379 e. The summed E-state index contributed by atoms with van der Waals surface area (Å²) in [5.41, 5.74) is 3.14. The smallest absolute Gasteiger partial charge is 0.164 e. The minimum atomic E-state index is -0.213. The third kappa shape index (κ3) is 3.47. The maximum absolute atomic E-state index is 13.1. The monoisotopic (exact) mass is 350 g/mol. The Morgan fingerprint density at radius 1 is 1.04 bits per heavy atom. The highest BCUT2D eigenvalue weighted by molar-refractivity contribution is 5.63. The fourth-order valence-electron chi connectivity index (χ4n) is 3.53. The van der Waals surface area contributed by atoms with Crippen molar-refractivity contribution in [2.75, 3.05) is 5.32 Å². The van der Waals surface area contributed by atoms with Gasteiger partial charge >= 0.3 is 0 Å². The lowest BCUT2D eigenvalue weighted by Gasteiger charge is -2.16. The number of anilines is 1. The number of halogens is 1. The van der Waals surface area contributed by atoms with Crippen molar-refractivity contribution < 1.29 is 4.39 Å². The number of benzene rings is 2. The first-order valence-corrected chi connectivity index (χ1v) is 9.25. The minimum absolute atomic E-state index is 0.0846. The molecular formula is C21H23FN4. The molecule has 1 aliphatic rings. The van der Waals surface area contributed by atoms with Crippen LogP contribution in [0, 0.1) is 5.82 Å². The Labute approximate surface area is 153 Å². The molecule has 1 aliphatic heterocycles. The number of hydrogen-bond donors (Lipinski definition) is 1. The normalized spacial score (nSPS) is 15.2. The average molecular weight is 350 g/mol. The highest BCUT2D eigenvalue weighted by atomic mass is 19.1. The van der Waals surface area contributed by atoms with Gasteiger partial charge in [-0.1, -0.05) is 30.7 Å². The number of nitrogens with zero attached hydrogens (tertiary/aromatic N) is 3. The van der Waals surface area contributed by atoms with Crippen LogP contribution < -0.4 is 5.32 Å². The van der Waals surface area contributed by atoms with Crippen molar-refractivity contribution in [3.8, 4) is 11.4 Å². The van der Waals surface area contributed by atoms with E-state index in [2.05, 4.69) is 39.1 Å². The van der Waals surface area contributed by atoms with E-state index < -0.39 is 0 Å². The van der Waals surface area contributed by atoms with Crippen LogP contribution in [0.25, 0.3) is 11.4 Å². The molecule has 4 rings (SSSR count). The fraction of sp³-hybridized carbons (Fsp3) is 0.333. The summed E-state index contributed by atoms with van der Waals surface area (Å²) in [5.74, 6) is 1.82. The highest BCUT2D eigenvalue weighted by Crippen LogP contribution is 2.26. The van der Waals surface area contributed by atoms with Crippen molar-refractivity contribution >= 4 is 5.69 Å². The molecule has 0 amide bonds. The van der Waals surface area contributed by atoms with Gasteiger partial charge < -0.3 is 9.88 Å². The zero-order valence-electron chi connectivity index (χ0n) is 15.0. The molecule has 0 saturated heterocycles. The van der Waals surface area contributed by atoms with Crippen molar-refractivity contribution in [2.24, 2.45) is 0 Å². The third-order valence-electron chi connectivity index (χ3n) is 4.98. The molecule has 0 aliphatic carbocycles. The predicted molar refractivity (Wildman–Crippen MR) is 101 cm³/mol. The molecule has 5 heteroatoms. The maximum Gasteiger partial charge on any atom is 0.164 e. The first-order valence-electron chi connectivity index (χ1n) is 9.25. The number of rotatable bonds is 4. The van der Waals surface area contributed by atoms with E-state index in [1.807, 2.05) is 24.3 Å². The summed E-state index contributed by atoms with van der Waals surface area (Å²) in [6.07, 6.45) is 4.62. The summed E-state index contributed by atoms with van der Waals surface area (Å²) in [6.45, 7) is 3.06. The first-order chi connectivity index (χ1) is 12.7. The second-order valence-corrected chi connectivity index (χ2v) is 6.90. The van der Waals surface area contributed by atoms with Gasteiger partial charge in [-0.05, 0) is 49.6 Å². The van der Waals surface area contributed by atoms with E-state index in [1.165, 1.54) is 31.4 Å². The zero-order chi connectivity index (χ0) is 17.9. The standard InChI is InChI=1S/C21H23FN4/c1-15(16-9-11-18(22)12-10-16)23-19-7-5-6-17(14-19)21-25-24-20-8-3-2-4-13-26(20)21/h5-7,9-12,14-15,23H,2-4,8,13H2,1H3/t15-/m0/s1. The van der Waals surface area contributed by atoms with Crippen LogP contribution in [-0.2, 0) is 13.0 Å². The molecule has 1 N–H and O–H groups in total. The molecule has 2 heterocycles. The van der Waals surface area contributed by atoms with E-state index in [1.54, 1.807) is 0 Å². The van der Waals surface area contributed by atoms with Crippen LogP contribution >= 0.6 is 0 Å². The lowest BCUT2D eigenvalue weighted by atomic mass is 10.1. The van der Waals surface area contributed by atoms with E-state index in [0.29, 0.717) is 0 Å². The summed E-state index contributed by atoms with van der Waals surface area (Å²) in [5, 5.41) is 12.3. The molecule has 26 heavy (non-hydrogen) atoms. The number of aromatic nitrogens is 3. The van der Waals surface area contributed by atoms with Crippen LogP contribution in [0.3, 0.4) is 0 Å². The largest absolute Gasteiger partial charge is 0.379 e. The van der Waals surface area contributed by atoms with Gasteiger partial charge in [-0.3, -0.25) is 0 Å². The van der Waals surface area contributed by atoms with Gasteiger partial charge in [0.2, 0.25) is 0 Å². The van der Waals surface area contributed by atoms with Crippen molar-refractivity contribution in [3.05, 3.63) is 65.7 Å². The van der Waals surface area contributed by atoms with Gasteiger partial charge in [-0.2, -0.15) is 0 Å². The summed E-state index contributed by atoms with van der Waals surface area (Å²) in [6, 6.07) is 15.0. The Kier molecular flexibility index (Phi) is 4.69. The fourth-order valence-corrected chi connectivity index (χ4v) is 3.53. The maximum atomic E-state index is 13.1. The molecule has 0 saturated carbocycles. The summed E-state index contributed by atoms with van der Waals surface area (Å²) < 4.78 is 15.4. The Morgan fingerprint density at radius 3 is 2.73 bits per heavy atom. The molecule has 134 valence electrons. The van der Waals surface area contributed by atoms with Gasteiger partial charge in [0, 0.05) is 30.3 Å². The number of aryl methyl sites for hydroxylation is 1. The van der Waals surface area contributed by atoms with Gasteiger partial charge in [0.15, 0.2) is 5.82 Å². The summed E-state index contributed by atoms with van der Waals surface area (Å²) >= 11 is 0. The number of hydrogen-bond acceptors (Lipinski definition) is 3. The van der Waals surface area contributed by atoms with Gasteiger partial charge in [-0.15, -0.1) is 10.2 Å². The highest BCUT2D eigenvalue weighted by Gasteiger charge is 2.16. The van der Waals surface area contributed by atoms with Crippen LogP contribution in [0.2, 0.25) is 0 Å². The van der Waals surface area contributed by atoms with Crippen LogP contribution in [0.5, 0.6) is 0 Å². The molecule has 0 fully saturated rings. The number of fused-ring (bicyclic) bond motifs is 1. The van der Waals surface area contributed by atoms with Gasteiger partial charge in [0.25, 0.3) is 0 Å². The summed E-state index contributed by atoms with van der Waals surface area (Å²) in [4.78, 5) is 0. The Bertz CT molecular complexity index is 885. The van der Waals surface area contributed by atoms with Crippen LogP contribution in [0.15, 0.2) is 48.5 Å². The van der Waals surface area contributed by atoms with E-state index in [9.17, 15) is 4.39 Å². The van der Waals surface area contributed by atoms with Crippen molar-refractivity contribution in [3.63, 3.8) is 0 Å². The molecule has 1 aromatic heterocycles. The molecule has 3 aromatic rings.